The molecule has 34 heavy (non-hydrogen) atoms. The number of para-hydroxylation sites is 2. The molecule has 0 radical (unpaired) electrons. The first-order chi connectivity index (χ1) is 16.8. The minimum Gasteiger partial charge on any atom is -0.456 e. The molecule has 0 saturated heterocycles. The number of aromatic nitrogens is 1. The Bertz CT molecular complexity index is 1870. The van der Waals surface area contributed by atoms with Crippen molar-refractivity contribution in [3.63, 3.8) is 0 Å². The lowest BCUT2D eigenvalue weighted by Crippen LogP contribution is -2.03. The van der Waals surface area contributed by atoms with Gasteiger partial charge in [-0.2, -0.15) is 0 Å². The van der Waals surface area contributed by atoms with Gasteiger partial charge in [-0.1, -0.05) is 66.6 Å². The molecule has 0 spiro atoms. The number of hydrogen-bond acceptors (Lipinski definition) is 1. The smallest absolute Gasteiger partial charge is 0.135 e. The standard InChI is InChI=1S/C32H21NO/c1-2-21-15-17-25-24-10-4-7-13-29(24)33(30(25)19-21)28-12-6-3-9-23(28)22-16-18-32-27(20-22)26-11-5-8-14-31(26)34-32/h1,4-5,7-20H,3,6H2. The van der Waals surface area contributed by atoms with Crippen LogP contribution in [0.4, 0.5) is 0 Å². The fourth-order valence-electron chi connectivity index (χ4n) is 5.35. The molecule has 0 unspecified atom stereocenters. The second kappa shape index (κ2) is 7.27. The summed E-state index contributed by atoms with van der Waals surface area (Å²) in [4.78, 5) is 0. The molecule has 4 aromatic carbocycles. The van der Waals surface area contributed by atoms with Gasteiger partial charge in [0.15, 0.2) is 0 Å². The third-order valence-electron chi connectivity index (χ3n) is 6.90. The van der Waals surface area contributed by atoms with Crippen LogP contribution in [0.15, 0.2) is 101 Å². The SMILES string of the molecule is C#Cc1ccc2c3ccccc3n(C3=CCCC=C3c3ccc4oc5ccccc5c4c3)c2c1. The van der Waals surface area contributed by atoms with Crippen molar-refractivity contribution in [3.8, 4) is 12.3 Å². The van der Waals surface area contributed by atoms with E-state index in [1.54, 1.807) is 0 Å². The number of allylic oxidation sites excluding steroid dienone is 4. The molecule has 6 aromatic rings. The van der Waals surface area contributed by atoms with Gasteiger partial charge in [0.25, 0.3) is 0 Å². The van der Waals surface area contributed by atoms with Gasteiger partial charge in [0, 0.05) is 38.4 Å². The predicted octanol–water partition coefficient (Wildman–Crippen LogP) is 8.39. The van der Waals surface area contributed by atoms with Crippen LogP contribution in [0.3, 0.4) is 0 Å². The summed E-state index contributed by atoms with van der Waals surface area (Å²) < 4.78 is 8.46. The second-order valence-electron chi connectivity index (χ2n) is 8.82. The predicted molar refractivity (Wildman–Crippen MR) is 143 cm³/mol. The summed E-state index contributed by atoms with van der Waals surface area (Å²) >= 11 is 0. The number of terminal acetylenes is 1. The Labute approximate surface area is 197 Å². The zero-order valence-corrected chi connectivity index (χ0v) is 18.6. The van der Waals surface area contributed by atoms with Crippen molar-refractivity contribution in [1.29, 1.82) is 0 Å². The highest BCUT2D eigenvalue weighted by atomic mass is 16.3. The van der Waals surface area contributed by atoms with Gasteiger partial charge in [-0.25, -0.2) is 0 Å². The van der Waals surface area contributed by atoms with Crippen molar-refractivity contribution in [2.24, 2.45) is 0 Å². The number of hydrogen-bond donors (Lipinski definition) is 0. The molecule has 2 heteroatoms. The van der Waals surface area contributed by atoms with Crippen LogP contribution in [0.2, 0.25) is 0 Å². The summed E-state index contributed by atoms with van der Waals surface area (Å²) in [6, 6.07) is 29.7. The molecule has 0 atom stereocenters. The van der Waals surface area contributed by atoms with Crippen LogP contribution >= 0.6 is 0 Å². The monoisotopic (exact) mass is 435 g/mol. The van der Waals surface area contributed by atoms with Crippen LogP contribution in [-0.2, 0) is 0 Å². The van der Waals surface area contributed by atoms with Crippen LogP contribution in [-0.4, -0.2) is 4.57 Å². The fraction of sp³-hybridized carbons (Fsp3) is 0.0625. The molecule has 1 aliphatic rings. The third-order valence-corrected chi connectivity index (χ3v) is 6.90. The maximum absolute atomic E-state index is 6.08. The number of nitrogens with zero attached hydrogens (tertiary/aromatic N) is 1. The lowest BCUT2D eigenvalue weighted by molar-refractivity contribution is 0.669. The van der Waals surface area contributed by atoms with E-state index in [0.717, 1.165) is 45.9 Å². The first kappa shape index (κ1) is 19.0. The summed E-state index contributed by atoms with van der Waals surface area (Å²) in [5, 5.41) is 4.76. The number of fused-ring (bicyclic) bond motifs is 6. The van der Waals surface area contributed by atoms with Gasteiger partial charge in [-0.3, -0.25) is 0 Å². The average Bonchev–Trinajstić information content (AvgIpc) is 3.43. The van der Waals surface area contributed by atoms with Crippen LogP contribution in [0, 0.1) is 12.3 Å². The van der Waals surface area contributed by atoms with Crippen molar-refractivity contribution in [1.82, 2.24) is 4.57 Å². The molecule has 1 aliphatic carbocycles. The molecule has 0 aliphatic heterocycles. The maximum atomic E-state index is 6.08. The van der Waals surface area contributed by atoms with E-state index in [1.807, 2.05) is 18.2 Å². The highest BCUT2D eigenvalue weighted by Gasteiger charge is 2.20. The molecular weight excluding hydrogens is 414 g/mol. The summed E-state index contributed by atoms with van der Waals surface area (Å²) in [6.45, 7) is 0. The fourth-order valence-corrected chi connectivity index (χ4v) is 5.35. The molecule has 0 N–H and O–H groups in total. The Balaban J connectivity index is 1.48. The number of benzene rings is 4. The van der Waals surface area contributed by atoms with Gasteiger partial charge >= 0.3 is 0 Å². The van der Waals surface area contributed by atoms with Crippen molar-refractivity contribution in [2.45, 2.75) is 12.8 Å². The van der Waals surface area contributed by atoms with Crippen LogP contribution in [0.25, 0.3) is 55.0 Å². The van der Waals surface area contributed by atoms with Gasteiger partial charge < -0.3 is 8.98 Å². The summed E-state index contributed by atoms with van der Waals surface area (Å²) in [7, 11) is 0. The lowest BCUT2D eigenvalue weighted by Gasteiger charge is -2.20. The van der Waals surface area contributed by atoms with E-state index in [-0.39, 0.29) is 0 Å². The van der Waals surface area contributed by atoms with E-state index in [9.17, 15) is 0 Å². The van der Waals surface area contributed by atoms with Gasteiger partial charge in [-0.15, -0.1) is 6.42 Å². The second-order valence-corrected chi connectivity index (χ2v) is 8.82. The molecule has 0 amide bonds. The Morgan fingerprint density at radius 3 is 2.35 bits per heavy atom. The van der Waals surface area contributed by atoms with Crippen LogP contribution in [0.5, 0.6) is 0 Å². The van der Waals surface area contributed by atoms with Gasteiger partial charge in [0.1, 0.15) is 11.2 Å². The van der Waals surface area contributed by atoms with Gasteiger partial charge in [0.2, 0.25) is 0 Å². The molecular formula is C32H21NO. The molecule has 0 bridgehead atoms. The van der Waals surface area contributed by atoms with Gasteiger partial charge in [-0.05, 0) is 54.8 Å². The van der Waals surface area contributed by atoms with Crippen LogP contribution in [0.1, 0.15) is 24.0 Å². The summed E-state index contributed by atoms with van der Waals surface area (Å²) in [5.74, 6) is 2.81. The highest BCUT2D eigenvalue weighted by Crippen LogP contribution is 2.40. The van der Waals surface area contributed by atoms with E-state index < -0.39 is 0 Å². The van der Waals surface area contributed by atoms with E-state index in [0.29, 0.717) is 0 Å². The Morgan fingerprint density at radius 2 is 1.44 bits per heavy atom. The van der Waals surface area contributed by atoms with E-state index >= 15 is 0 Å². The summed E-state index contributed by atoms with van der Waals surface area (Å²) in [6.07, 6.45) is 12.5. The zero-order chi connectivity index (χ0) is 22.6. The maximum Gasteiger partial charge on any atom is 0.135 e. The quantitative estimate of drug-likeness (QED) is 0.250. The van der Waals surface area contributed by atoms with Crippen molar-refractivity contribution in [3.05, 3.63) is 108 Å². The third kappa shape index (κ3) is 2.71. The molecule has 0 fully saturated rings. The minimum absolute atomic E-state index is 0.893. The van der Waals surface area contributed by atoms with Crippen molar-refractivity contribution in [2.75, 3.05) is 0 Å². The first-order valence-corrected chi connectivity index (χ1v) is 11.6. The zero-order valence-electron chi connectivity index (χ0n) is 18.6. The molecule has 0 saturated carbocycles. The molecule has 7 rings (SSSR count). The van der Waals surface area contributed by atoms with E-state index in [1.165, 1.54) is 33.1 Å². The first-order valence-electron chi connectivity index (χ1n) is 11.6. The van der Waals surface area contributed by atoms with Crippen molar-refractivity contribution >= 4 is 55.0 Å². The van der Waals surface area contributed by atoms with E-state index in [4.69, 9.17) is 10.8 Å². The van der Waals surface area contributed by atoms with E-state index in [2.05, 4.69) is 89.4 Å². The van der Waals surface area contributed by atoms with Crippen molar-refractivity contribution < 1.29 is 4.42 Å². The minimum atomic E-state index is 0.893. The Morgan fingerprint density at radius 1 is 0.676 bits per heavy atom. The topological polar surface area (TPSA) is 18.1 Å². The molecule has 2 heterocycles. The normalized spacial score (nSPS) is 14.0. The largest absolute Gasteiger partial charge is 0.456 e. The lowest BCUT2D eigenvalue weighted by atomic mass is 9.94. The Hall–Kier alpha value is -4.48. The summed E-state index contributed by atoms with van der Waals surface area (Å²) in [5.41, 5.74) is 8.72. The number of rotatable bonds is 2. The Kier molecular flexibility index (Phi) is 4.07. The average molecular weight is 436 g/mol. The molecule has 2 nitrogen and oxygen atoms in total. The van der Waals surface area contributed by atoms with Crippen LogP contribution < -0.4 is 0 Å². The molecule has 160 valence electrons. The highest BCUT2D eigenvalue weighted by molar-refractivity contribution is 6.15. The number of furan rings is 1. The molecule has 2 aromatic heterocycles. The van der Waals surface area contributed by atoms with Gasteiger partial charge in [0.05, 0.1) is 11.0 Å².